The zero-order chi connectivity index (χ0) is 28.7. The van der Waals surface area contributed by atoms with E-state index < -0.39 is 0 Å². The molecular formula is C36H22N6OPt. The van der Waals surface area contributed by atoms with E-state index in [-0.39, 0.29) is 21.1 Å². The first kappa shape index (κ1) is 26.5. The van der Waals surface area contributed by atoms with Crippen molar-refractivity contribution in [1.29, 1.82) is 0 Å². The van der Waals surface area contributed by atoms with Crippen molar-refractivity contribution in [1.82, 2.24) is 28.7 Å². The van der Waals surface area contributed by atoms with Crippen LogP contribution in [0.3, 0.4) is 0 Å². The van der Waals surface area contributed by atoms with Gasteiger partial charge in [0.25, 0.3) is 0 Å². The first-order chi connectivity index (χ1) is 21.1. The van der Waals surface area contributed by atoms with Crippen LogP contribution in [0.2, 0.25) is 0 Å². The fourth-order valence-electron chi connectivity index (χ4n) is 6.08. The standard InChI is InChI=1S/C36H22N6O.Pt/c1-21-22(2)42-32-11-7-16-37-33(32)27-15-13-25(19-30(27)36(42)39-21)43-24-12-14-26-28-10-6-17-38-34(28)41-20-31(23-8-4-3-5-9-23)40-35(41)29(26)18-24;/h3-17,20H,1-2H3;/q-2;+2. The Kier molecular flexibility index (Phi) is 6.00. The van der Waals surface area contributed by atoms with Crippen molar-refractivity contribution >= 4 is 54.9 Å². The summed E-state index contributed by atoms with van der Waals surface area (Å²) in [4.78, 5) is 19.3. The Bertz CT molecular complexity index is 2570. The zero-order valence-electron chi connectivity index (χ0n) is 23.6. The third-order valence-electron chi connectivity index (χ3n) is 8.21. The minimum atomic E-state index is 0. The maximum Gasteiger partial charge on any atom is 2.00 e. The first-order valence-corrected chi connectivity index (χ1v) is 14.1. The molecule has 0 aliphatic carbocycles. The van der Waals surface area contributed by atoms with Gasteiger partial charge < -0.3 is 13.5 Å². The second kappa shape index (κ2) is 9.97. The van der Waals surface area contributed by atoms with E-state index in [0.717, 1.165) is 77.6 Å². The van der Waals surface area contributed by atoms with Crippen LogP contribution < -0.4 is 4.74 Å². The largest absolute Gasteiger partial charge is 2.00 e. The van der Waals surface area contributed by atoms with Crippen molar-refractivity contribution in [3.63, 3.8) is 0 Å². The van der Waals surface area contributed by atoms with Gasteiger partial charge in [-0.1, -0.05) is 82.2 Å². The molecule has 7 nitrogen and oxygen atoms in total. The van der Waals surface area contributed by atoms with Gasteiger partial charge in [-0.25, -0.2) is 4.98 Å². The number of pyridine rings is 4. The molecule has 3 aromatic carbocycles. The van der Waals surface area contributed by atoms with Crippen LogP contribution in [-0.4, -0.2) is 28.7 Å². The summed E-state index contributed by atoms with van der Waals surface area (Å²) in [6.07, 6.45) is 5.67. The molecule has 0 aliphatic rings. The molecule has 0 radical (unpaired) electrons. The Hall–Kier alpha value is -5.13. The molecule has 0 spiro atoms. The Morgan fingerprint density at radius 2 is 1.39 bits per heavy atom. The van der Waals surface area contributed by atoms with Gasteiger partial charge in [-0.05, 0) is 37.4 Å². The van der Waals surface area contributed by atoms with Gasteiger partial charge in [0.2, 0.25) is 0 Å². The minimum Gasteiger partial charge on any atom is -0.497 e. The van der Waals surface area contributed by atoms with Crippen molar-refractivity contribution in [3.8, 4) is 22.8 Å². The topological polar surface area (TPSA) is 69.6 Å². The molecule has 9 rings (SSSR count). The van der Waals surface area contributed by atoms with Crippen LogP contribution in [0.1, 0.15) is 11.4 Å². The first-order valence-electron chi connectivity index (χ1n) is 14.1. The SMILES string of the molecule is Cc1nc2c3[c-]c(Oc4[c-]c5c(cc4)c4cccnc4n4cc(-c6ccccc6)nc54)ccc3c3ncccc3n2c1C.[Pt+2]. The quantitative estimate of drug-likeness (QED) is 0.135. The summed E-state index contributed by atoms with van der Waals surface area (Å²) in [5.41, 5.74) is 8.35. The van der Waals surface area contributed by atoms with E-state index in [9.17, 15) is 0 Å². The van der Waals surface area contributed by atoms with Crippen molar-refractivity contribution in [2.75, 3.05) is 0 Å². The Labute approximate surface area is 266 Å². The van der Waals surface area contributed by atoms with E-state index in [1.54, 1.807) is 0 Å². The summed E-state index contributed by atoms with van der Waals surface area (Å²) in [5.74, 6) is 1.15. The molecule has 212 valence electrons. The van der Waals surface area contributed by atoms with Gasteiger partial charge in [-0.2, -0.15) is 0 Å². The summed E-state index contributed by atoms with van der Waals surface area (Å²) in [5, 5.41) is 4.74. The van der Waals surface area contributed by atoms with Crippen LogP contribution in [0.15, 0.2) is 97.5 Å². The second-order valence-electron chi connectivity index (χ2n) is 10.7. The number of nitrogens with zero attached hydrogens (tertiary/aromatic N) is 6. The third-order valence-corrected chi connectivity index (χ3v) is 8.21. The van der Waals surface area contributed by atoms with E-state index in [0.29, 0.717) is 11.5 Å². The summed E-state index contributed by atoms with van der Waals surface area (Å²) in [7, 11) is 0. The number of rotatable bonds is 3. The summed E-state index contributed by atoms with van der Waals surface area (Å²) in [6, 6.07) is 33.2. The number of benzene rings is 3. The summed E-state index contributed by atoms with van der Waals surface area (Å²) < 4.78 is 10.6. The van der Waals surface area contributed by atoms with E-state index in [1.165, 1.54) is 0 Å². The van der Waals surface area contributed by atoms with Gasteiger partial charge in [0.1, 0.15) is 5.65 Å². The van der Waals surface area contributed by atoms with E-state index >= 15 is 0 Å². The molecule has 0 atom stereocenters. The third kappa shape index (κ3) is 3.86. The molecule has 0 N–H and O–H groups in total. The predicted octanol–water partition coefficient (Wildman–Crippen LogP) is 8.06. The molecule has 0 fully saturated rings. The molecule has 0 bridgehead atoms. The summed E-state index contributed by atoms with van der Waals surface area (Å²) >= 11 is 0. The Morgan fingerprint density at radius 3 is 2.20 bits per heavy atom. The number of imidazole rings is 2. The molecule has 44 heavy (non-hydrogen) atoms. The average Bonchev–Trinajstić information content (AvgIpc) is 3.64. The fraction of sp³-hybridized carbons (Fsp3) is 0.0556. The number of hydrogen-bond donors (Lipinski definition) is 0. The van der Waals surface area contributed by atoms with Crippen molar-refractivity contribution < 1.29 is 25.8 Å². The van der Waals surface area contributed by atoms with Crippen LogP contribution in [0.5, 0.6) is 11.5 Å². The Balaban J connectivity index is 0.00000289. The van der Waals surface area contributed by atoms with Crippen LogP contribution in [-0.2, 0) is 21.1 Å². The van der Waals surface area contributed by atoms with Crippen molar-refractivity contribution in [2.45, 2.75) is 13.8 Å². The number of ether oxygens (including phenoxy) is 1. The van der Waals surface area contributed by atoms with Gasteiger partial charge in [0.05, 0.1) is 28.0 Å². The molecule has 0 saturated heterocycles. The number of aromatic nitrogens is 6. The molecule has 0 unspecified atom stereocenters. The number of fused-ring (bicyclic) bond motifs is 12. The van der Waals surface area contributed by atoms with Crippen LogP contribution in [0.25, 0.3) is 66.2 Å². The second-order valence-corrected chi connectivity index (χ2v) is 10.7. The molecule has 0 aliphatic heterocycles. The van der Waals surface area contributed by atoms with E-state index in [2.05, 4.69) is 53.8 Å². The molecule has 9 aromatic rings. The van der Waals surface area contributed by atoms with Gasteiger partial charge in [-0.15, -0.1) is 12.1 Å². The summed E-state index contributed by atoms with van der Waals surface area (Å²) in [6.45, 7) is 4.11. The normalized spacial score (nSPS) is 11.7. The van der Waals surface area contributed by atoms with E-state index in [4.69, 9.17) is 24.7 Å². The molecule has 0 saturated carbocycles. The fourth-order valence-corrected chi connectivity index (χ4v) is 6.08. The zero-order valence-corrected chi connectivity index (χ0v) is 25.9. The van der Waals surface area contributed by atoms with Crippen molar-refractivity contribution in [2.24, 2.45) is 0 Å². The molecular weight excluding hydrogens is 728 g/mol. The molecule has 6 heterocycles. The monoisotopic (exact) mass is 749 g/mol. The smallest absolute Gasteiger partial charge is 0.497 e. The van der Waals surface area contributed by atoms with Gasteiger partial charge in [0.15, 0.2) is 0 Å². The maximum absolute atomic E-state index is 6.42. The van der Waals surface area contributed by atoms with Gasteiger partial charge in [-0.3, -0.25) is 15.0 Å². The minimum absolute atomic E-state index is 0. The molecule has 0 amide bonds. The van der Waals surface area contributed by atoms with Crippen LogP contribution in [0, 0.1) is 26.0 Å². The number of hydrogen-bond acceptors (Lipinski definition) is 5. The van der Waals surface area contributed by atoms with Crippen molar-refractivity contribution in [3.05, 3.63) is 121 Å². The number of aryl methyl sites for hydroxylation is 2. The Morgan fingerprint density at radius 1 is 0.659 bits per heavy atom. The van der Waals surface area contributed by atoms with Gasteiger partial charge in [0, 0.05) is 47.0 Å². The molecule has 6 aromatic heterocycles. The van der Waals surface area contributed by atoms with Gasteiger partial charge >= 0.3 is 21.1 Å². The maximum atomic E-state index is 6.42. The average molecular weight is 750 g/mol. The van der Waals surface area contributed by atoms with Crippen LogP contribution >= 0.6 is 0 Å². The molecule has 8 heteroatoms. The predicted molar refractivity (Wildman–Crippen MR) is 169 cm³/mol. The van der Waals surface area contributed by atoms with Crippen LogP contribution in [0.4, 0.5) is 0 Å². The van der Waals surface area contributed by atoms with E-state index in [1.807, 2.05) is 78.4 Å².